The summed E-state index contributed by atoms with van der Waals surface area (Å²) in [5, 5.41) is 19.5. The number of nitrogens with two attached hydrogens (primary N) is 1. The quantitative estimate of drug-likeness (QED) is 0.471. The molecule has 4 rings (SSSR count). The van der Waals surface area contributed by atoms with E-state index in [0.29, 0.717) is 34.9 Å². The summed E-state index contributed by atoms with van der Waals surface area (Å²) in [6, 6.07) is 4.54. The van der Waals surface area contributed by atoms with E-state index < -0.39 is 5.92 Å². The number of aryl methyl sites for hydroxylation is 1. The van der Waals surface area contributed by atoms with Crippen molar-refractivity contribution in [1.29, 1.82) is 5.26 Å². The predicted octanol–water partition coefficient (Wildman–Crippen LogP) is 5.94. The number of Topliss-reactive ketones (excluding diaryl/α,β-unsaturated/α-hetero) is 1. The molecule has 0 fully saturated rings. The molecule has 1 unspecified atom stereocenters. The van der Waals surface area contributed by atoms with Crippen molar-refractivity contribution >= 4 is 57.1 Å². The Kier molecular flexibility index (Phi) is 6.97. The van der Waals surface area contributed by atoms with E-state index in [1.807, 2.05) is 11.2 Å². The fraction of sp³-hybridized carbons (Fsp3) is 0.478. The van der Waals surface area contributed by atoms with E-state index in [2.05, 4.69) is 50.0 Å². The number of nitrogens with zero attached hydrogens (tertiary/aromatic N) is 4. The number of hydrogen-bond acceptors (Lipinski definition) is 10. The van der Waals surface area contributed by atoms with E-state index >= 15 is 0 Å². The van der Waals surface area contributed by atoms with E-state index in [9.17, 15) is 10.1 Å². The SMILES string of the molecule is CCSc1sc(CC)cc1C1C(C#N)=C(N)N(c2nnc(SC)s2)C2=C1C(=O)CC(C)(C)C2. The molecule has 33 heavy (non-hydrogen) atoms. The van der Waals surface area contributed by atoms with Gasteiger partial charge in [-0.3, -0.25) is 9.69 Å². The fourth-order valence-corrected chi connectivity index (χ4v) is 8.15. The lowest BCUT2D eigenvalue weighted by Crippen LogP contribution is -2.42. The number of anilines is 1. The highest BCUT2D eigenvalue weighted by Gasteiger charge is 2.46. The van der Waals surface area contributed by atoms with Crippen molar-refractivity contribution in [3.63, 3.8) is 0 Å². The first-order valence-corrected chi connectivity index (χ1v) is 14.7. The third-order valence-electron chi connectivity index (χ3n) is 5.85. The van der Waals surface area contributed by atoms with Gasteiger partial charge in [-0.15, -0.1) is 33.3 Å². The molecule has 2 aromatic rings. The fourth-order valence-electron chi connectivity index (χ4n) is 4.47. The van der Waals surface area contributed by atoms with Crippen LogP contribution >= 0.6 is 46.2 Å². The number of hydrogen-bond donors (Lipinski definition) is 1. The number of allylic oxidation sites excluding steroid dienone is 3. The molecule has 0 aromatic carbocycles. The van der Waals surface area contributed by atoms with Crippen LogP contribution in [0.4, 0.5) is 5.13 Å². The standard InChI is InChI=1S/C23H27N5OS4/c1-6-12-8-13(20(32-12)31-7-2)17-14(11-24)19(25)28(21-26-27-22(30-5)33-21)15-9-23(3,4)10-16(29)18(15)17/h8,17H,6-7,9-10,25H2,1-5H3. The molecule has 174 valence electrons. The Morgan fingerprint density at radius 1 is 1.30 bits per heavy atom. The number of aromatic nitrogens is 2. The third kappa shape index (κ3) is 4.36. The van der Waals surface area contributed by atoms with Crippen LogP contribution in [0.25, 0.3) is 0 Å². The van der Waals surface area contributed by atoms with Gasteiger partial charge in [-0.2, -0.15) is 5.26 Å². The second-order valence-corrected chi connectivity index (χ2v) is 13.5. The molecule has 1 atom stereocenters. The number of thiophene rings is 1. The maximum atomic E-state index is 13.7. The molecule has 6 nitrogen and oxygen atoms in total. The van der Waals surface area contributed by atoms with Crippen LogP contribution in [0.5, 0.6) is 0 Å². The van der Waals surface area contributed by atoms with Gasteiger partial charge in [0.2, 0.25) is 5.13 Å². The summed E-state index contributed by atoms with van der Waals surface area (Å²) in [5.41, 5.74) is 9.51. The molecule has 2 aromatic heterocycles. The maximum Gasteiger partial charge on any atom is 0.219 e. The average molecular weight is 518 g/mol. The van der Waals surface area contributed by atoms with Gasteiger partial charge in [-0.05, 0) is 41.9 Å². The van der Waals surface area contributed by atoms with Gasteiger partial charge in [0.05, 0.1) is 21.8 Å². The van der Waals surface area contributed by atoms with Crippen LogP contribution < -0.4 is 10.6 Å². The first-order chi connectivity index (χ1) is 15.7. The molecule has 1 aliphatic carbocycles. The minimum Gasteiger partial charge on any atom is -0.384 e. The second kappa shape index (κ2) is 9.45. The highest BCUT2D eigenvalue weighted by atomic mass is 32.2. The van der Waals surface area contributed by atoms with Gasteiger partial charge in [-0.1, -0.05) is 50.8 Å². The van der Waals surface area contributed by atoms with Gasteiger partial charge in [-0.25, -0.2) is 0 Å². The molecular formula is C23H27N5OS4. The van der Waals surface area contributed by atoms with Gasteiger partial charge in [0.15, 0.2) is 10.1 Å². The van der Waals surface area contributed by atoms with Crippen LogP contribution in [0.1, 0.15) is 56.9 Å². The van der Waals surface area contributed by atoms with Crippen LogP contribution in [0.2, 0.25) is 0 Å². The first-order valence-electron chi connectivity index (χ1n) is 10.8. The molecule has 0 saturated carbocycles. The van der Waals surface area contributed by atoms with Crippen LogP contribution in [0.15, 0.2) is 37.3 Å². The zero-order chi connectivity index (χ0) is 23.9. The van der Waals surface area contributed by atoms with Crippen LogP contribution in [-0.2, 0) is 11.2 Å². The zero-order valence-electron chi connectivity index (χ0n) is 19.4. The summed E-state index contributed by atoms with van der Waals surface area (Å²) in [6.45, 7) is 8.46. The average Bonchev–Trinajstić information content (AvgIpc) is 3.39. The van der Waals surface area contributed by atoms with Gasteiger partial charge in [0.1, 0.15) is 5.82 Å². The Morgan fingerprint density at radius 3 is 2.67 bits per heavy atom. The highest BCUT2D eigenvalue weighted by molar-refractivity contribution is 8.01. The van der Waals surface area contributed by atoms with Crippen molar-refractivity contribution in [2.45, 2.75) is 61.4 Å². The van der Waals surface area contributed by atoms with Crippen molar-refractivity contribution in [2.24, 2.45) is 11.1 Å². The lowest BCUT2D eigenvalue weighted by molar-refractivity contribution is -0.118. The Balaban J connectivity index is 1.99. The van der Waals surface area contributed by atoms with E-state index in [0.717, 1.165) is 27.8 Å². The second-order valence-electron chi connectivity index (χ2n) is 8.78. The highest BCUT2D eigenvalue weighted by Crippen LogP contribution is 2.53. The number of rotatable bonds is 6. The molecule has 0 amide bonds. The van der Waals surface area contributed by atoms with Crippen molar-refractivity contribution in [3.8, 4) is 6.07 Å². The van der Waals surface area contributed by atoms with E-state index in [1.54, 1.807) is 23.1 Å². The van der Waals surface area contributed by atoms with Crippen molar-refractivity contribution in [2.75, 3.05) is 16.9 Å². The molecule has 2 N–H and O–H groups in total. The maximum absolute atomic E-state index is 13.7. The lowest BCUT2D eigenvalue weighted by atomic mass is 9.69. The summed E-state index contributed by atoms with van der Waals surface area (Å²) in [6.07, 6.45) is 3.99. The molecule has 0 bridgehead atoms. The summed E-state index contributed by atoms with van der Waals surface area (Å²) in [5.74, 6) is 0.921. The number of thioether (sulfide) groups is 2. The summed E-state index contributed by atoms with van der Waals surface area (Å²) >= 11 is 6.46. The van der Waals surface area contributed by atoms with Gasteiger partial charge < -0.3 is 5.73 Å². The van der Waals surface area contributed by atoms with Crippen molar-refractivity contribution in [1.82, 2.24) is 10.2 Å². The van der Waals surface area contributed by atoms with E-state index in [-0.39, 0.29) is 11.2 Å². The Morgan fingerprint density at radius 2 is 2.06 bits per heavy atom. The Bertz CT molecular complexity index is 1200. The van der Waals surface area contributed by atoms with E-state index in [4.69, 9.17) is 5.73 Å². The van der Waals surface area contributed by atoms with Gasteiger partial charge in [0.25, 0.3) is 0 Å². The Labute approximate surface area is 211 Å². The minimum absolute atomic E-state index is 0.0859. The Hall–Kier alpha value is -1.80. The number of carbonyl (C=O) groups excluding carboxylic acids is 1. The topological polar surface area (TPSA) is 95.9 Å². The summed E-state index contributed by atoms with van der Waals surface area (Å²) in [7, 11) is 0. The molecule has 0 spiro atoms. The van der Waals surface area contributed by atoms with Crippen LogP contribution in [0, 0.1) is 16.7 Å². The van der Waals surface area contributed by atoms with Crippen LogP contribution in [0.3, 0.4) is 0 Å². The third-order valence-corrected chi connectivity index (χ3v) is 10.2. The van der Waals surface area contributed by atoms with E-state index in [1.165, 1.54) is 32.2 Å². The first kappa shape index (κ1) is 24.3. The van der Waals surface area contributed by atoms with Crippen molar-refractivity contribution in [3.05, 3.63) is 39.2 Å². The summed E-state index contributed by atoms with van der Waals surface area (Å²) in [4.78, 5) is 16.8. The molecule has 0 saturated heterocycles. The molecule has 1 aliphatic heterocycles. The normalized spacial score (nSPS) is 20.3. The molecule has 2 aliphatic rings. The molecule has 10 heteroatoms. The number of nitriles is 1. The van der Waals surface area contributed by atoms with Gasteiger partial charge in [0, 0.05) is 22.6 Å². The predicted molar refractivity (Wildman–Crippen MR) is 139 cm³/mol. The zero-order valence-corrected chi connectivity index (χ0v) is 22.7. The van der Waals surface area contributed by atoms with Crippen molar-refractivity contribution < 1.29 is 4.79 Å². The minimum atomic E-state index is -0.441. The lowest BCUT2D eigenvalue weighted by Gasteiger charge is -2.42. The molecular weight excluding hydrogens is 491 g/mol. The number of ketones is 1. The molecule has 3 heterocycles. The summed E-state index contributed by atoms with van der Waals surface area (Å²) < 4.78 is 1.98. The monoisotopic (exact) mass is 517 g/mol. The van der Waals surface area contributed by atoms with Crippen LogP contribution in [-0.4, -0.2) is 28.0 Å². The molecule has 0 radical (unpaired) electrons. The smallest absolute Gasteiger partial charge is 0.219 e. The number of carbonyl (C=O) groups is 1. The largest absolute Gasteiger partial charge is 0.384 e. The van der Waals surface area contributed by atoms with Gasteiger partial charge >= 0.3 is 0 Å².